The summed E-state index contributed by atoms with van der Waals surface area (Å²) in [6, 6.07) is 16.4. The number of ether oxygens (including phenoxy) is 2. The quantitative estimate of drug-likeness (QED) is 0.385. The summed E-state index contributed by atoms with van der Waals surface area (Å²) >= 11 is 0. The van der Waals surface area contributed by atoms with E-state index in [4.69, 9.17) is 9.47 Å². The zero-order valence-corrected chi connectivity index (χ0v) is 15.7. The molecule has 8 heteroatoms. The van der Waals surface area contributed by atoms with Crippen molar-refractivity contribution in [1.82, 2.24) is 0 Å². The first kappa shape index (κ1) is 19.8. The summed E-state index contributed by atoms with van der Waals surface area (Å²) in [5.41, 5.74) is 0.247. The van der Waals surface area contributed by atoms with Gasteiger partial charge in [-0.05, 0) is 29.8 Å². The predicted molar refractivity (Wildman–Crippen MR) is 107 cm³/mol. The van der Waals surface area contributed by atoms with Crippen molar-refractivity contribution in [3.63, 3.8) is 0 Å². The Hall–Kier alpha value is -3.94. The maximum atomic E-state index is 12.6. The van der Waals surface area contributed by atoms with Crippen molar-refractivity contribution in [2.45, 2.75) is 13.0 Å². The number of hydrogen-bond donors (Lipinski definition) is 1. The Bertz CT molecular complexity index is 1090. The molecule has 1 unspecified atom stereocenters. The van der Waals surface area contributed by atoms with E-state index in [1.807, 2.05) is 24.3 Å². The van der Waals surface area contributed by atoms with Crippen molar-refractivity contribution in [3.8, 4) is 5.75 Å². The van der Waals surface area contributed by atoms with Gasteiger partial charge in [-0.25, -0.2) is 4.79 Å². The fourth-order valence-corrected chi connectivity index (χ4v) is 2.82. The number of nitro benzene ring substituents is 1. The van der Waals surface area contributed by atoms with E-state index in [1.54, 1.807) is 18.2 Å². The van der Waals surface area contributed by atoms with Crippen LogP contribution < -0.4 is 10.1 Å². The normalized spacial score (nSPS) is 11.5. The molecule has 0 spiro atoms. The SMILES string of the molecule is COc1ccc([N+](=O)[O-])cc1NC(=O)C(C)OC(=O)c1cccc2ccccc12. The number of nitro groups is 1. The Morgan fingerprint density at radius 2 is 1.79 bits per heavy atom. The fraction of sp³-hybridized carbons (Fsp3) is 0.143. The summed E-state index contributed by atoms with van der Waals surface area (Å²) < 4.78 is 10.4. The molecule has 3 rings (SSSR count). The van der Waals surface area contributed by atoms with Crippen molar-refractivity contribution < 1.29 is 24.0 Å². The number of nitrogens with one attached hydrogen (secondary N) is 1. The van der Waals surface area contributed by atoms with Crippen LogP contribution in [0.1, 0.15) is 17.3 Å². The number of hydrogen-bond acceptors (Lipinski definition) is 6. The van der Waals surface area contributed by atoms with E-state index >= 15 is 0 Å². The molecule has 0 radical (unpaired) electrons. The predicted octanol–water partition coefficient (Wildman–Crippen LogP) is 3.94. The van der Waals surface area contributed by atoms with E-state index < -0.39 is 22.9 Å². The summed E-state index contributed by atoms with van der Waals surface area (Å²) in [5, 5.41) is 15.1. The molecule has 0 aliphatic heterocycles. The highest BCUT2D eigenvalue weighted by atomic mass is 16.6. The number of amides is 1. The number of nitrogens with zero attached hydrogens (tertiary/aromatic N) is 1. The molecule has 1 N–H and O–H groups in total. The third-order valence-electron chi connectivity index (χ3n) is 4.31. The van der Waals surface area contributed by atoms with E-state index in [2.05, 4.69) is 5.32 Å². The van der Waals surface area contributed by atoms with Crippen molar-refractivity contribution in [1.29, 1.82) is 0 Å². The van der Waals surface area contributed by atoms with Gasteiger partial charge in [-0.15, -0.1) is 0 Å². The van der Waals surface area contributed by atoms with Crippen LogP contribution in [-0.4, -0.2) is 30.0 Å². The molecule has 8 nitrogen and oxygen atoms in total. The lowest BCUT2D eigenvalue weighted by molar-refractivity contribution is -0.384. The van der Waals surface area contributed by atoms with Crippen LogP contribution in [0, 0.1) is 10.1 Å². The third-order valence-corrected chi connectivity index (χ3v) is 4.31. The fourth-order valence-electron chi connectivity index (χ4n) is 2.82. The number of methoxy groups -OCH3 is 1. The van der Waals surface area contributed by atoms with Gasteiger partial charge >= 0.3 is 5.97 Å². The lowest BCUT2D eigenvalue weighted by atomic mass is 10.0. The second-order valence-electron chi connectivity index (χ2n) is 6.21. The number of esters is 1. The monoisotopic (exact) mass is 394 g/mol. The largest absolute Gasteiger partial charge is 0.495 e. The smallest absolute Gasteiger partial charge is 0.339 e. The molecule has 0 heterocycles. The van der Waals surface area contributed by atoms with Crippen LogP contribution in [0.25, 0.3) is 10.8 Å². The number of carbonyl (C=O) groups is 2. The van der Waals surface area contributed by atoms with Gasteiger partial charge in [-0.1, -0.05) is 36.4 Å². The highest BCUT2D eigenvalue weighted by molar-refractivity contribution is 6.05. The average Bonchev–Trinajstić information content (AvgIpc) is 2.73. The van der Waals surface area contributed by atoms with Crippen molar-refractivity contribution in [2.24, 2.45) is 0 Å². The van der Waals surface area contributed by atoms with Crippen LogP contribution in [0.2, 0.25) is 0 Å². The molecule has 29 heavy (non-hydrogen) atoms. The van der Waals surface area contributed by atoms with Crippen LogP contribution in [0.15, 0.2) is 60.7 Å². The Morgan fingerprint density at radius 1 is 1.07 bits per heavy atom. The number of rotatable bonds is 6. The molecule has 0 saturated heterocycles. The van der Waals surface area contributed by atoms with Gasteiger partial charge in [0.05, 0.1) is 23.3 Å². The first-order valence-electron chi connectivity index (χ1n) is 8.72. The van der Waals surface area contributed by atoms with Gasteiger partial charge in [-0.2, -0.15) is 0 Å². The van der Waals surface area contributed by atoms with Crippen LogP contribution in [-0.2, 0) is 9.53 Å². The molecule has 0 saturated carbocycles. The maximum absolute atomic E-state index is 12.6. The molecular weight excluding hydrogens is 376 g/mol. The molecule has 0 aliphatic carbocycles. The van der Waals surface area contributed by atoms with Crippen LogP contribution in [0.5, 0.6) is 5.75 Å². The zero-order chi connectivity index (χ0) is 21.0. The molecular formula is C21H18N2O6. The molecule has 0 aliphatic rings. The Morgan fingerprint density at radius 3 is 2.52 bits per heavy atom. The van der Waals surface area contributed by atoms with Gasteiger partial charge in [0.25, 0.3) is 11.6 Å². The summed E-state index contributed by atoms with van der Waals surface area (Å²) in [5.74, 6) is -1.04. The van der Waals surface area contributed by atoms with Crippen molar-refractivity contribution in [2.75, 3.05) is 12.4 Å². The van der Waals surface area contributed by atoms with E-state index in [0.29, 0.717) is 10.9 Å². The minimum Gasteiger partial charge on any atom is -0.495 e. The summed E-state index contributed by atoms with van der Waals surface area (Å²) in [6.45, 7) is 1.42. The Labute approximate surface area is 166 Å². The van der Waals surface area contributed by atoms with Gasteiger partial charge in [0.2, 0.25) is 0 Å². The second-order valence-corrected chi connectivity index (χ2v) is 6.21. The number of anilines is 1. The number of fused-ring (bicyclic) bond motifs is 1. The highest BCUT2D eigenvalue weighted by Gasteiger charge is 2.22. The number of carbonyl (C=O) groups excluding carboxylic acids is 2. The molecule has 1 atom stereocenters. The van der Waals surface area contributed by atoms with Gasteiger partial charge in [0.15, 0.2) is 6.10 Å². The van der Waals surface area contributed by atoms with E-state index in [0.717, 1.165) is 5.39 Å². The molecule has 3 aromatic rings. The summed E-state index contributed by atoms with van der Waals surface area (Å²) in [7, 11) is 1.38. The van der Waals surface area contributed by atoms with E-state index in [-0.39, 0.29) is 17.1 Å². The molecule has 0 aromatic heterocycles. The molecule has 0 fully saturated rings. The standard InChI is InChI=1S/C21H18N2O6/c1-13(20(24)22-18-12-15(23(26)27)10-11-19(18)28-2)29-21(25)17-9-5-7-14-6-3-4-8-16(14)17/h3-13H,1-2H3,(H,22,24). The third kappa shape index (κ3) is 4.32. The first-order valence-corrected chi connectivity index (χ1v) is 8.72. The minimum atomic E-state index is -1.13. The topological polar surface area (TPSA) is 108 Å². The second kappa shape index (κ2) is 8.39. The van der Waals surface area contributed by atoms with Crippen LogP contribution >= 0.6 is 0 Å². The highest BCUT2D eigenvalue weighted by Crippen LogP contribution is 2.29. The van der Waals surface area contributed by atoms with E-state index in [9.17, 15) is 19.7 Å². The first-order chi connectivity index (χ1) is 13.9. The maximum Gasteiger partial charge on any atom is 0.339 e. The molecule has 0 bridgehead atoms. The molecule has 148 valence electrons. The summed E-state index contributed by atoms with van der Waals surface area (Å²) in [4.78, 5) is 35.4. The van der Waals surface area contributed by atoms with Gasteiger partial charge in [0, 0.05) is 12.1 Å². The van der Waals surface area contributed by atoms with Crippen molar-refractivity contribution in [3.05, 3.63) is 76.3 Å². The minimum absolute atomic E-state index is 0.111. The van der Waals surface area contributed by atoms with Gasteiger partial charge in [0.1, 0.15) is 5.75 Å². The number of non-ortho nitro benzene ring substituents is 1. The lowest BCUT2D eigenvalue weighted by Crippen LogP contribution is -2.30. The average molecular weight is 394 g/mol. The Balaban J connectivity index is 1.76. The summed E-state index contributed by atoms with van der Waals surface area (Å²) in [6.07, 6.45) is -1.13. The lowest BCUT2D eigenvalue weighted by Gasteiger charge is -2.15. The number of benzene rings is 3. The van der Waals surface area contributed by atoms with E-state index in [1.165, 1.54) is 32.2 Å². The van der Waals surface area contributed by atoms with Gasteiger partial charge < -0.3 is 14.8 Å². The Kier molecular flexibility index (Phi) is 5.73. The van der Waals surface area contributed by atoms with Crippen LogP contribution in [0.4, 0.5) is 11.4 Å². The van der Waals surface area contributed by atoms with Gasteiger partial charge in [-0.3, -0.25) is 14.9 Å². The zero-order valence-electron chi connectivity index (χ0n) is 15.7. The van der Waals surface area contributed by atoms with Crippen molar-refractivity contribution >= 4 is 34.0 Å². The molecule has 1 amide bonds. The molecule has 3 aromatic carbocycles. The van der Waals surface area contributed by atoms with Crippen LogP contribution in [0.3, 0.4) is 0 Å².